The fourth-order valence-corrected chi connectivity index (χ4v) is 2.05. The summed E-state index contributed by atoms with van der Waals surface area (Å²) in [5.74, 6) is 0.841. The van der Waals surface area contributed by atoms with E-state index in [1.54, 1.807) is 11.3 Å². The number of hydrogen-bond donors (Lipinski definition) is 2. The first-order valence-corrected chi connectivity index (χ1v) is 6.26. The molecule has 88 valence electrons. The van der Waals surface area contributed by atoms with Crippen LogP contribution in [0.5, 0.6) is 0 Å². The highest BCUT2D eigenvalue weighted by Gasteiger charge is 1.97. The Labute approximate surface area is 101 Å². The zero-order valence-electron chi connectivity index (χ0n) is 9.92. The summed E-state index contributed by atoms with van der Waals surface area (Å²) >= 11 is 1.79. The van der Waals surface area contributed by atoms with Crippen LogP contribution in [0.1, 0.15) is 16.7 Å². The summed E-state index contributed by atoms with van der Waals surface area (Å²) in [6, 6.07) is 4.25. The molecule has 0 aromatic carbocycles. The highest BCUT2D eigenvalue weighted by atomic mass is 32.1. The molecule has 0 radical (unpaired) electrons. The first-order chi connectivity index (χ1) is 7.76. The van der Waals surface area contributed by atoms with Gasteiger partial charge in [0.1, 0.15) is 0 Å². The molecule has 1 rings (SSSR count). The standard InChI is InChI=1S/C12H19N3S/c1-4-8-14-12(13-5-2)15-9-11-7-6-10(3)16-11/h4,6-7H,1,5,8-9H2,2-3H3,(H2,13,14,15). The molecule has 2 N–H and O–H groups in total. The second-order valence-corrected chi connectivity index (χ2v) is 4.75. The van der Waals surface area contributed by atoms with E-state index in [-0.39, 0.29) is 0 Å². The maximum Gasteiger partial charge on any atom is 0.191 e. The summed E-state index contributed by atoms with van der Waals surface area (Å²) in [6.45, 7) is 10.2. The summed E-state index contributed by atoms with van der Waals surface area (Å²) in [4.78, 5) is 7.11. The van der Waals surface area contributed by atoms with Gasteiger partial charge in [0.25, 0.3) is 0 Å². The molecule has 1 aromatic heterocycles. The fourth-order valence-electron chi connectivity index (χ4n) is 1.24. The third-order valence-corrected chi connectivity index (χ3v) is 2.93. The van der Waals surface area contributed by atoms with Crippen molar-refractivity contribution in [1.29, 1.82) is 0 Å². The van der Waals surface area contributed by atoms with Gasteiger partial charge in [0.2, 0.25) is 0 Å². The Morgan fingerprint density at radius 1 is 1.50 bits per heavy atom. The number of hydrogen-bond acceptors (Lipinski definition) is 2. The lowest BCUT2D eigenvalue weighted by molar-refractivity contribution is 0.863. The summed E-state index contributed by atoms with van der Waals surface area (Å²) in [7, 11) is 0. The van der Waals surface area contributed by atoms with Crippen molar-refractivity contribution in [3.05, 3.63) is 34.5 Å². The van der Waals surface area contributed by atoms with Crippen molar-refractivity contribution in [2.45, 2.75) is 20.4 Å². The molecule has 1 heterocycles. The molecule has 0 bridgehead atoms. The maximum absolute atomic E-state index is 4.49. The molecule has 0 spiro atoms. The molecule has 0 fully saturated rings. The maximum atomic E-state index is 4.49. The number of thiophene rings is 1. The predicted octanol–water partition coefficient (Wildman–Crippen LogP) is 2.30. The number of nitrogens with zero attached hydrogens (tertiary/aromatic N) is 1. The van der Waals surface area contributed by atoms with Gasteiger partial charge in [-0.1, -0.05) is 6.08 Å². The van der Waals surface area contributed by atoms with Crippen molar-refractivity contribution in [2.75, 3.05) is 13.1 Å². The van der Waals surface area contributed by atoms with Crippen LogP contribution in [0, 0.1) is 6.92 Å². The summed E-state index contributed by atoms with van der Waals surface area (Å²) < 4.78 is 0. The Balaban J connectivity index is 2.52. The first kappa shape index (κ1) is 12.8. The lowest BCUT2D eigenvalue weighted by atomic mass is 10.4. The topological polar surface area (TPSA) is 36.4 Å². The van der Waals surface area contributed by atoms with Gasteiger partial charge in [-0.15, -0.1) is 17.9 Å². The molecule has 0 aliphatic heterocycles. The van der Waals surface area contributed by atoms with E-state index in [9.17, 15) is 0 Å². The average Bonchev–Trinajstić information content (AvgIpc) is 2.68. The van der Waals surface area contributed by atoms with Gasteiger partial charge in [-0.3, -0.25) is 0 Å². The van der Waals surface area contributed by atoms with E-state index in [4.69, 9.17) is 0 Å². The van der Waals surface area contributed by atoms with E-state index in [0.29, 0.717) is 0 Å². The smallest absolute Gasteiger partial charge is 0.191 e. The summed E-state index contributed by atoms with van der Waals surface area (Å²) in [5, 5.41) is 6.36. The highest BCUT2D eigenvalue weighted by molar-refractivity contribution is 7.11. The first-order valence-electron chi connectivity index (χ1n) is 5.44. The van der Waals surface area contributed by atoms with Crippen LogP contribution in [0.15, 0.2) is 29.8 Å². The number of rotatable bonds is 5. The molecule has 0 aliphatic rings. The van der Waals surface area contributed by atoms with Crippen molar-refractivity contribution in [3.63, 3.8) is 0 Å². The van der Waals surface area contributed by atoms with Gasteiger partial charge in [0.05, 0.1) is 6.54 Å². The minimum atomic E-state index is 0.727. The zero-order chi connectivity index (χ0) is 11.8. The van der Waals surface area contributed by atoms with Gasteiger partial charge in [0.15, 0.2) is 5.96 Å². The van der Waals surface area contributed by atoms with Crippen LogP contribution < -0.4 is 10.6 Å². The van der Waals surface area contributed by atoms with Crippen LogP contribution in [0.4, 0.5) is 0 Å². The van der Waals surface area contributed by atoms with Crippen LogP contribution in [0.3, 0.4) is 0 Å². The molecule has 1 aromatic rings. The highest BCUT2D eigenvalue weighted by Crippen LogP contribution is 2.15. The van der Waals surface area contributed by atoms with Gasteiger partial charge in [-0.2, -0.15) is 0 Å². The van der Waals surface area contributed by atoms with Crippen LogP contribution in [0.25, 0.3) is 0 Å². The van der Waals surface area contributed by atoms with E-state index in [1.165, 1.54) is 9.75 Å². The lowest BCUT2D eigenvalue weighted by Crippen LogP contribution is -2.37. The van der Waals surface area contributed by atoms with Crippen molar-refractivity contribution in [1.82, 2.24) is 10.6 Å². The molecule has 3 nitrogen and oxygen atoms in total. The van der Waals surface area contributed by atoms with Gasteiger partial charge >= 0.3 is 0 Å². The second kappa shape index (κ2) is 7.06. The second-order valence-electron chi connectivity index (χ2n) is 3.38. The predicted molar refractivity (Wildman–Crippen MR) is 72.1 cm³/mol. The SMILES string of the molecule is C=CCNC(=NCc1ccc(C)s1)NCC. The number of aryl methyl sites for hydroxylation is 1. The van der Waals surface area contributed by atoms with Crippen molar-refractivity contribution in [2.24, 2.45) is 4.99 Å². The van der Waals surface area contributed by atoms with Crippen molar-refractivity contribution in [3.8, 4) is 0 Å². The Bertz CT molecular complexity index is 355. The third kappa shape index (κ3) is 4.49. The fraction of sp³-hybridized carbons (Fsp3) is 0.417. The Hall–Kier alpha value is -1.29. The van der Waals surface area contributed by atoms with Crippen LogP contribution in [-0.4, -0.2) is 19.0 Å². The quantitative estimate of drug-likeness (QED) is 0.468. The molecule has 0 saturated carbocycles. The Morgan fingerprint density at radius 2 is 2.31 bits per heavy atom. The summed E-state index contributed by atoms with van der Waals surface area (Å²) in [6.07, 6.45) is 1.82. The van der Waals surface area contributed by atoms with Crippen LogP contribution in [0.2, 0.25) is 0 Å². The van der Waals surface area contributed by atoms with Gasteiger partial charge < -0.3 is 10.6 Å². The van der Waals surface area contributed by atoms with E-state index in [0.717, 1.165) is 25.6 Å². The molecular weight excluding hydrogens is 218 g/mol. The number of guanidine groups is 1. The van der Waals surface area contributed by atoms with Crippen molar-refractivity contribution < 1.29 is 0 Å². The number of aliphatic imine (C=N–C) groups is 1. The van der Waals surface area contributed by atoms with Crippen LogP contribution >= 0.6 is 11.3 Å². The van der Waals surface area contributed by atoms with Gasteiger partial charge in [0, 0.05) is 22.8 Å². The van der Waals surface area contributed by atoms with E-state index < -0.39 is 0 Å². The molecule has 16 heavy (non-hydrogen) atoms. The molecule has 0 saturated heterocycles. The lowest BCUT2D eigenvalue weighted by Gasteiger charge is -2.08. The number of nitrogens with one attached hydrogen (secondary N) is 2. The van der Waals surface area contributed by atoms with Gasteiger partial charge in [-0.25, -0.2) is 4.99 Å². The minimum Gasteiger partial charge on any atom is -0.357 e. The third-order valence-electron chi connectivity index (χ3n) is 1.95. The summed E-state index contributed by atoms with van der Waals surface area (Å²) in [5.41, 5.74) is 0. The van der Waals surface area contributed by atoms with E-state index >= 15 is 0 Å². The van der Waals surface area contributed by atoms with Crippen LogP contribution in [-0.2, 0) is 6.54 Å². The Kier molecular flexibility index (Phi) is 5.64. The molecular formula is C12H19N3S. The molecule has 0 aliphatic carbocycles. The largest absolute Gasteiger partial charge is 0.357 e. The molecule has 0 amide bonds. The average molecular weight is 237 g/mol. The minimum absolute atomic E-state index is 0.727. The van der Waals surface area contributed by atoms with E-state index in [1.807, 2.05) is 6.08 Å². The molecule has 0 unspecified atom stereocenters. The van der Waals surface area contributed by atoms with Gasteiger partial charge in [-0.05, 0) is 26.0 Å². The monoisotopic (exact) mass is 237 g/mol. The van der Waals surface area contributed by atoms with Crippen molar-refractivity contribution >= 4 is 17.3 Å². The normalized spacial score (nSPS) is 11.2. The Morgan fingerprint density at radius 3 is 2.88 bits per heavy atom. The zero-order valence-corrected chi connectivity index (χ0v) is 10.7. The molecule has 0 atom stereocenters. The van der Waals surface area contributed by atoms with E-state index in [2.05, 4.69) is 48.2 Å². The molecule has 4 heteroatoms.